The zero-order valence-electron chi connectivity index (χ0n) is 16.9. The van der Waals surface area contributed by atoms with Crippen LogP contribution in [0.3, 0.4) is 0 Å². The normalized spacial score (nSPS) is 41.0. The van der Waals surface area contributed by atoms with Gasteiger partial charge in [-0.1, -0.05) is 24.6 Å². The number of fused-ring (bicyclic) bond motifs is 4. The molecule has 0 heterocycles. The summed E-state index contributed by atoms with van der Waals surface area (Å²) in [6.07, 6.45) is 9.75. The highest BCUT2D eigenvalue weighted by Crippen LogP contribution is 2.66. The quantitative estimate of drug-likeness (QED) is 0.717. The summed E-state index contributed by atoms with van der Waals surface area (Å²) in [7, 11) is 0. The van der Waals surface area contributed by atoms with Crippen LogP contribution in [0.25, 0.3) is 0 Å². The van der Waals surface area contributed by atoms with Gasteiger partial charge in [0, 0.05) is 24.4 Å². The van der Waals surface area contributed by atoms with Crippen molar-refractivity contribution >= 4 is 5.78 Å². The van der Waals surface area contributed by atoms with E-state index in [0.717, 1.165) is 38.5 Å². The Balaban J connectivity index is 1.79. The van der Waals surface area contributed by atoms with Gasteiger partial charge in [-0.05, 0) is 87.3 Å². The van der Waals surface area contributed by atoms with E-state index >= 15 is 0 Å². The van der Waals surface area contributed by atoms with Crippen molar-refractivity contribution in [1.29, 1.82) is 0 Å². The lowest BCUT2D eigenvalue weighted by Crippen LogP contribution is -2.52. The highest BCUT2D eigenvalue weighted by atomic mass is 16.3. The monoisotopic (exact) mass is 370 g/mol. The van der Waals surface area contributed by atoms with Gasteiger partial charge in [0.15, 0.2) is 5.78 Å². The van der Waals surface area contributed by atoms with Gasteiger partial charge in [0.2, 0.25) is 0 Å². The van der Waals surface area contributed by atoms with E-state index in [4.69, 9.17) is 0 Å². The molecule has 0 aliphatic heterocycles. The number of rotatable bonds is 4. The molecule has 0 spiro atoms. The molecule has 0 aromatic carbocycles. The molecule has 0 unspecified atom stereocenters. The zero-order valence-corrected chi connectivity index (χ0v) is 16.9. The molecule has 2 fully saturated rings. The van der Waals surface area contributed by atoms with Crippen molar-refractivity contribution in [2.75, 3.05) is 6.61 Å². The maximum absolute atomic E-state index is 11.9. The van der Waals surface area contributed by atoms with Crippen molar-refractivity contribution in [2.24, 2.45) is 23.2 Å². The number of hydrogen-bond acceptors (Lipinski definition) is 3. The van der Waals surface area contributed by atoms with E-state index in [-0.39, 0.29) is 17.8 Å². The Morgan fingerprint density at radius 1 is 1.30 bits per heavy atom. The highest BCUT2D eigenvalue weighted by molar-refractivity contribution is 5.93. The van der Waals surface area contributed by atoms with Crippen LogP contribution in [0.5, 0.6) is 0 Å². The Labute approximate surface area is 163 Å². The third kappa shape index (κ3) is 2.81. The molecular weight excluding hydrogens is 336 g/mol. The molecule has 27 heavy (non-hydrogen) atoms. The first kappa shape index (κ1) is 19.1. The van der Waals surface area contributed by atoms with Crippen LogP contribution in [0.4, 0.5) is 0 Å². The van der Waals surface area contributed by atoms with Gasteiger partial charge < -0.3 is 10.2 Å². The van der Waals surface area contributed by atoms with Gasteiger partial charge in [-0.3, -0.25) is 4.79 Å². The number of aliphatic hydroxyl groups excluding tert-OH is 1. The molecule has 3 nitrogen and oxygen atoms in total. The van der Waals surface area contributed by atoms with Crippen LogP contribution in [0, 0.1) is 23.2 Å². The minimum Gasteiger partial charge on any atom is -0.396 e. The molecule has 4 rings (SSSR count). The maximum atomic E-state index is 11.9. The summed E-state index contributed by atoms with van der Waals surface area (Å²) in [5, 5.41) is 21.0. The third-order valence-electron chi connectivity index (χ3n) is 8.40. The molecule has 0 amide bonds. The number of hydrogen-bond donors (Lipinski definition) is 2. The number of carbonyl (C=O) groups is 1. The van der Waals surface area contributed by atoms with Crippen LogP contribution < -0.4 is 0 Å². The van der Waals surface area contributed by atoms with Gasteiger partial charge in [0.1, 0.15) is 0 Å². The number of carbonyl (C=O) groups excluding carboxylic acids is 1. The first-order valence-corrected chi connectivity index (χ1v) is 10.8. The summed E-state index contributed by atoms with van der Waals surface area (Å²) in [6.45, 7) is 8.91. The summed E-state index contributed by atoms with van der Waals surface area (Å²) in [6, 6.07) is 0. The first-order valence-electron chi connectivity index (χ1n) is 10.8. The number of allylic oxidation sites excluding steroid dienone is 5. The smallest absolute Gasteiger partial charge is 0.156 e. The molecule has 148 valence electrons. The lowest BCUT2D eigenvalue weighted by atomic mass is 9.51. The van der Waals surface area contributed by atoms with Gasteiger partial charge in [0.25, 0.3) is 0 Å². The Bertz CT molecular complexity index is 730. The molecule has 0 bridgehead atoms. The van der Waals surface area contributed by atoms with E-state index in [1.165, 1.54) is 16.7 Å². The SMILES string of the molecule is C=C(C)[C@H]1C[C@@]2(C)[C@@H](CC[C@@]2(O)CCCO)[C@@H]2CCC3=CC(=O)CCC3=C12. The molecule has 5 atom stereocenters. The Morgan fingerprint density at radius 3 is 2.78 bits per heavy atom. The maximum Gasteiger partial charge on any atom is 0.156 e. The molecule has 2 saturated carbocycles. The van der Waals surface area contributed by atoms with E-state index in [0.29, 0.717) is 37.0 Å². The number of aliphatic hydroxyl groups is 2. The predicted octanol–water partition coefficient (Wildman–Crippen LogP) is 4.50. The molecule has 0 saturated heterocycles. The summed E-state index contributed by atoms with van der Waals surface area (Å²) in [4.78, 5) is 11.9. The van der Waals surface area contributed by atoms with Gasteiger partial charge in [-0.15, -0.1) is 0 Å². The van der Waals surface area contributed by atoms with E-state index in [1.807, 2.05) is 6.08 Å². The lowest BCUT2D eigenvalue weighted by Gasteiger charge is -2.55. The second kappa shape index (κ2) is 6.70. The van der Waals surface area contributed by atoms with Crippen molar-refractivity contribution in [2.45, 2.75) is 77.2 Å². The highest BCUT2D eigenvalue weighted by Gasteiger charge is 2.62. The Hall–Kier alpha value is -1.19. The summed E-state index contributed by atoms with van der Waals surface area (Å²) < 4.78 is 0. The average Bonchev–Trinajstić information content (AvgIpc) is 2.90. The molecule has 0 aromatic heterocycles. The minimum atomic E-state index is -0.678. The van der Waals surface area contributed by atoms with Crippen molar-refractivity contribution in [3.8, 4) is 0 Å². The van der Waals surface area contributed by atoms with Crippen LogP contribution in [-0.2, 0) is 4.79 Å². The van der Waals surface area contributed by atoms with Gasteiger partial charge in [0.05, 0.1) is 5.60 Å². The molecule has 4 aliphatic carbocycles. The Morgan fingerprint density at radius 2 is 2.07 bits per heavy atom. The fourth-order valence-electron chi connectivity index (χ4n) is 6.98. The second-order valence-electron chi connectivity index (χ2n) is 9.74. The molecule has 4 aliphatic rings. The van der Waals surface area contributed by atoms with Gasteiger partial charge in [-0.25, -0.2) is 0 Å². The van der Waals surface area contributed by atoms with E-state index in [1.54, 1.807) is 5.57 Å². The predicted molar refractivity (Wildman–Crippen MR) is 107 cm³/mol. The third-order valence-corrected chi connectivity index (χ3v) is 8.40. The largest absolute Gasteiger partial charge is 0.396 e. The topological polar surface area (TPSA) is 57.5 Å². The average molecular weight is 371 g/mol. The second-order valence-corrected chi connectivity index (χ2v) is 9.74. The zero-order chi connectivity index (χ0) is 19.4. The fourth-order valence-corrected chi connectivity index (χ4v) is 6.98. The molecule has 0 radical (unpaired) electrons. The summed E-state index contributed by atoms with van der Waals surface area (Å²) >= 11 is 0. The van der Waals surface area contributed by atoms with Crippen LogP contribution in [0.15, 0.2) is 34.9 Å². The minimum absolute atomic E-state index is 0.119. The van der Waals surface area contributed by atoms with E-state index in [9.17, 15) is 15.0 Å². The van der Waals surface area contributed by atoms with Crippen LogP contribution in [0.1, 0.15) is 71.6 Å². The lowest BCUT2D eigenvalue weighted by molar-refractivity contribution is -0.114. The van der Waals surface area contributed by atoms with Crippen molar-refractivity contribution in [1.82, 2.24) is 0 Å². The summed E-state index contributed by atoms with van der Waals surface area (Å²) in [5.41, 5.74) is 4.68. The Kier molecular flexibility index (Phi) is 4.75. The number of ketones is 1. The van der Waals surface area contributed by atoms with Gasteiger partial charge >= 0.3 is 0 Å². The van der Waals surface area contributed by atoms with Crippen molar-refractivity contribution in [3.05, 3.63) is 34.9 Å². The van der Waals surface area contributed by atoms with E-state index < -0.39 is 5.60 Å². The standard InChI is InChI=1S/C24H34O3/c1-15(2)20-14-23(3)21(9-11-24(23,27)10-4-12-25)19-7-5-16-13-17(26)6-8-18(16)22(19)20/h13,19-21,25,27H,1,4-12,14H2,2-3H3/t19-,20+,21-,23-,24-/m0/s1. The molecule has 3 heteroatoms. The molecular formula is C24H34O3. The van der Waals surface area contributed by atoms with Crippen LogP contribution in [0.2, 0.25) is 0 Å². The van der Waals surface area contributed by atoms with Crippen molar-refractivity contribution in [3.63, 3.8) is 0 Å². The van der Waals surface area contributed by atoms with Gasteiger partial charge in [-0.2, -0.15) is 0 Å². The fraction of sp³-hybridized carbons (Fsp3) is 0.708. The van der Waals surface area contributed by atoms with Crippen molar-refractivity contribution < 1.29 is 15.0 Å². The van der Waals surface area contributed by atoms with Crippen LogP contribution >= 0.6 is 0 Å². The molecule has 2 N–H and O–H groups in total. The molecule has 0 aromatic rings. The summed E-state index contributed by atoms with van der Waals surface area (Å²) in [5.74, 6) is 1.59. The first-order chi connectivity index (χ1) is 12.8. The van der Waals surface area contributed by atoms with Crippen LogP contribution in [-0.4, -0.2) is 28.2 Å². The van der Waals surface area contributed by atoms with E-state index in [2.05, 4.69) is 20.4 Å².